The second-order valence-corrected chi connectivity index (χ2v) is 8.18. The molecule has 0 spiro atoms. The standard InChI is InChI=1S/C20H27BrO5S/c1-6-14-7-8-15(9-16(14)10-21)17-11(2)18(24-12(3)22)19(25-13(4)23)20(26-17)27-5/h7-9,11,17-20H,6,10H2,1-5H3/t11-,17+,18+,19-,20+/m0/s1. The normalized spacial score (nSPS) is 27.9. The van der Waals surface area contributed by atoms with Crippen molar-refractivity contribution in [3.05, 3.63) is 34.9 Å². The number of halogens is 1. The number of thioether (sulfide) groups is 1. The lowest BCUT2D eigenvalue weighted by Gasteiger charge is -2.44. The van der Waals surface area contributed by atoms with E-state index in [4.69, 9.17) is 14.2 Å². The van der Waals surface area contributed by atoms with Gasteiger partial charge in [0.25, 0.3) is 0 Å². The van der Waals surface area contributed by atoms with Crippen LogP contribution in [0.3, 0.4) is 0 Å². The van der Waals surface area contributed by atoms with Crippen LogP contribution in [0.2, 0.25) is 0 Å². The first-order valence-electron chi connectivity index (χ1n) is 9.02. The van der Waals surface area contributed by atoms with E-state index in [1.807, 2.05) is 13.2 Å². The van der Waals surface area contributed by atoms with Crippen LogP contribution in [0, 0.1) is 5.92 Å². The van der Waals surface area contributed by atoms with Crippen molar-refractivity contribution < 1.29 is 23.8 Å². The average molecular weight is 459 g/mol. The van der Waals surface area contributed by atoms with E-state index in [-0.39, 0.29) is 12.0 Å². The van der Waals surface area contributed by atoms with E-state index in [0.29, 0.717) is 0 Å². The van der Waals surface area contributed by atoms with Crippen molar-refractivity contribution in [2.24, 2.45) is 5.92 Å². The minimum atomic E-state index is -0.641. The van der Waals surface area contributed by atoms with Gasteiger partial charge >= 0.3 is 11.9 Å². The largest absolute Gasteiger partial charge is 0.458 e. The first kappa shape index (κ1) is 22.2. The van der Waals surface area contributed by atoms with Gasteiger partial charge in [-0.1, -0.05) is 48.0 Å². The number of carbonyl (C=O) groups is 2. The van der Waals surface area contributed by atoms with Gasteiger partial charge in [0, 0.05) is 25.1 Å². The summed E-state index contributed by atoms with van der Waals surface area (Å²) >= 11 is 5.00. The van der Waals surface area contributed by atoms with Gasteiger partial charge in [0.15, 0.2) is 6.10 Å². The van der Waals surface area contributed by atoms with Crippen LogP contribution in [0.15, 0.2) is 18.2 Å². The number of esters is 2. The Hall–Kier alpha value is -1.05. The third-order valence-corrected chi connectivity index (χ3v) is 6.24. The Bertz CT molecular complexity index is 680. The summed E-state index contributed by atoms with van der Waals surface area (Å²) in [6, 6.07) is 6.33. The van der Waals surface area contributed by atoms with Gasteiger partial charge in [0.2, 0.25) is 0 Å². The van der Waals surface area contributed by atoms with Crippen molar-refractivity contribution in [2.45, 2.75) is 63.2 Å². The quantitative estimate of drug-likeness (QED) is 0.464. The molecule has 0 unspecified atom stereocenters. The molecular weight excluding hydrogens is 432 g/mol. The van der Waals surface area contributed by atoms with Crippen LogP contribution in [0.4, 0.5) is 0 Å². The summed E-state index contributed by atoms with van der Waals surface area (Å²) in [6.07, 6.45) is 1.38. The fourth-order valence-electron chi connectivity index (χ4n) is 3.52. The van der Waals surface area contributed by atoms with E-state index in [9.17, 15) is 9.59 Å². The van der Waals surface area contributed by atoms with E-state index in [1.165, 1.54) is 36.7 Å². The SMILES string of the molecule is CCc1ccc([C@@H]2O[C@H](SC)[C@@H](OC(C)=O)[C@H](OC(C)=O)[C@H]2C)cc1CBr. The zero-order valence-corrected chi connectivity index (χ0v) is 18.8. The number of carbonyl (C=O) groups excluding carboxylic acids is 2. The molecule has 150 valence electrons. The van der Waals surface area contributed by atoms with Crippen LogP contribution < -0.4 is 0 Å². The van der Waals surface area contributed by atoms with Crippen LogP contribution >= 0.6 is 27.7 Å². The molecule has 5 atom stereocenters. The Kier molecular flexibility index (Phi) is 8.19. The monoisotopic (exact) mass is 458 g/mol. The number of rotatable bonds is 6. The maximum Gasteiger partial charge on any atom is 0.303 e. The molecule has 0 saturated carbocycles. The number of hydrogen-bond acceptors (Lipinski definition) is 6. The molecule has 7 heteroatoms. The Morgan fingerprint density at radius 3 is 2.30 bits per heavy atom. The summed E-state index contributed by atoms with van der Waals surface area (Å²) in [6.45, 7) is 6.82. The third kappa shape index (κ3) is 5.27. The van der Waals surface area contributed by atoms with E-state index in [0.717, 1.165) is 17.3 Å². The summed E-state index contributed by atoms with van der Waals surface area (Å²) in [5, 5.41) is 0.764. The van der Waals surface area contributed by atoms with Crippen LogP contribution in [0.5, 0.6) is 0 Å². The predicted octanol–water partition coefficient (Wildman–Crippen LogP) is 4.40. The third-order valence-electron chi connectivity index (χ3n) is 4.79. The second kappa shape index (κ2) is 9.94. The lowest BCUT2D eigenvalue weighted by molar-refractivity contribution is -0.208. The first-order chi connectivity index (χ1) is 12.8. The van der Waals surface area contributed by atoms with Crippen LogP contribution in [0.1, 0.15) is 50.5 Å². The number of ether oxygens (including phenoxy) is 3. The van der Waals surface area contributed by atoms with Crippen molar-refractivity contribution in [3.63, 3.8) is 0 Å². The molecule has 1 aromatic carbocycles. The molecule has 1 saturated heterocycles. The minimum Gasteiger partial charge on any atom is -0.458 e. The first-order valence-corrected chi connectivity index (χ1v) is 11.4. The molecule has 0 amide bonds. The molecule has 5 nitrogen and oxygen atoms in total. The second-order valence-electron chi connectivity index (χ2n) is 6.68. The molecule has 27 heavy (non-hydrogen) atoms. The fraction of sp³-hybridized carbons (Fsp3) is 0.600. The lowest BCUT2D eigenvalue weighted by Crippen LogP contribution is -2.52. The molecular formula is C20H27BrO5S. The molecule has 1 fully saturated rings. The lowest BCUT2D eigenvalue weighted by atomic mass is 9.86. The van der Waals surface area contributed by atoms with Gasteiger partial charge in [0.1, 0.15) is 11.5 Å². The summed E-state index contributed by atoms with van der Waals surface area (Å²) < 4.78 is 17.4. The Morgan fingerprint density at radius 1 is 1.15 bits per heavy atom. The van der Waals surface area contributed by atoms with Gasteiger partial charge in [-0.2, -0.15) is 0 Å². The molecule has 2 rings (SSSR count). The van der Waals surface area contributed by atoms with E-state index in [1.54, 1.807) is 0 Å². The highest BCUT2D eigenvalue weighted by Crippen LogP contribution is 2.42. The van der Waals surface area contributed by atoms with Crippen molar-refractivity contribution >= 4 is 39.6 Å². The highest BCUT2D eigenvalue weighted by Gasteiger charge is 2.48. The molecule has 0 N–H and O–H groups in total. The molecule has 0 aliphatic carbocycles. The van der Waals surface area contributed by atoms with Gasteiger partial charge in [-0.05, 0) is 29.4 Å². The zero-order valence-electron chi connectivity index (χ0n) is 16.4. The Balaban J connectivity index is 2.40. The minimum absolute atomic E-state index is 0.169. The Morgan fingerprint density at radius 2 is 1.78 bits per heavy atom. The van der Waals surface area contributed by atoms with Gasteiger partial charge in [-0.15, -0.1) is 11.8 Å². The van der Waals surface area contributed by atoms with Gasteiger partial charge < -0.3 is 14.2 Å². The summed E-state index contributed by atoms with van der Waals surface area (Å²) in [7, 11) is 0. The molecule has 1 aromatic rings. The van der Waals surface area contributed by atoms with Crippen LogP contribution in [-0.4, -0.2) is 35.8 Å². The molecule has 1 heterocycles. The topological polar surface area (TPSA) is 61.8 Å². The molecule has 0 radical (unpaired) electrons. The maximum absolute atomic E-state index is 11.7. The van der Waals surface area contributed by atoms with E-state index in [2.05, 4.69) is 41.1 Å². The molecule has 0 aromatic heterocycles. The Labute approximate surface area is 173 Å². The fourth-order valence-corrected chi connectivity index (χ4v) is 4.75. The zero-order chi connectivity index (χ0) is 20.1. The van der Waals surface area contributed by atoms with Crippen molar-refractivity contribution in [1.29, 1.82) is 0 Å². The van der Waals surface area contributed by atoms with Crippen molar-refractivity contribution in [2.75, 3.05) is 6.26 Å². The van der Waals surface area contributed by atoms with Crippen molar-refractivity contribution in [3.8, 4) is 0 Å². The predicted molar refractivity (Wildman–Crippen MR) is 110 cm³/mol. The highest BCUT2D eigenvalue weighted by atomic mass is 79.9. The van der Waals surface area contributed by atoms with E-state index < -0.39 is 29.6 Å². The number of aryl methyl sites for hydroxylation is 1. The summed E-state index contributed by atoms with van der Waals surface area (Å²) in [5.41, 5.74) is 3.12. The number of hydrogen-bond donors (Lipinski definition) is 0. The summed E-state index contributed by atoms with van der Waals surface area (Å²) in [4.78, 5) is 23.3. The molecule has 1 aliphatic rings. The average Bonchev–Trinajstić information content (AvgIpc) is 2.63. The smallest absolute Gasteiger partial charge is 0.303 e. The van der Waals surface area contributed by atoms with Crippen LogP contribution in [0.25, 0.3) is 0 Å². The molecule has 1 aliphatic heterocycles. The van der Waals surface area contributed by atoms with Gasteiger partial charge in [-0.3, -0.25) is 9.59 Å². The highest BCUT2D eigenvalue weighted by molar-refractivity contribution is 9.08. The van der Waals surface area contributed by atoms with Gasteiger partial charge in [0.05, 0.1) is 6.10 Å². The molecule has 0 bridgehead atoms. The van der Waals surface area contributed by atoms with Crippen LogP contribution in [-0.2, 0) is 35.6 Å². The number of benzene rings is 1. The van der Waals surface area contributed by atoms with E-state index >= 15 is 0 Å². The summed E-state index contributed by atoms with van der Waals surface area (Å²) in [5.74, 6) is -0.983. The van der Waals surface area contributed by atoms with Gasteiger partial charge in [-0.25, -0.2) is 0 Å². The maximum atomic E-state index is 11.7. The van der Waals surface area contributed by atoms with Crippen molar-refractivity contribution in [1.82, 2.24) is 0 Å². The number of alkyl halides is 1.